The third-order valence-corrected chi connectivity index (χ3v) is 3.56. The molecule has 0 aromatic heterocycles. The van der Waals surface area contributed by atoms with Crippen LogP contribution < -0.4 is 0 Å². The summed E-state index contributed by atoms with van der Waals surface area (Å²) in [5, 5.41) is 9.35. The van der Waals surface area contributed by atoms with Gasteiger partial charge in [-0.05, 0) is 24.7 Å². The molecule has 1 aliphatic rings. The lowest BCUT2D eigenvalue weighted by Gasteiger charge is -2.39. The third kappa shape index (κ3) is 1.78. The van der Waals surface area contributed by atoms with Crippen molar-refractivity contribution in [3.63, 3.8) is 0 Å². The Hall–Kier alpha value is -0.370. The van der Waals surface area contributed by atoms with Crippen LogP contribution in [0.4, 0.5) is 0 Å². The van der Waals surface area contributed by atoms with Crippen LogP contribution in [0, 0.1) is 17.3 Å². The second kappa shape index (κ2) is 3.79. The summed E-state index contributed by atoms with van der Waals surface area (Å²) in [6, 6.07) is 0. The topological polar surface area (TPSA) is 37.3 Å². The van der Waals surface area contributed by atoms with E-state index in [0.29, 0.717) is 12.3 Å². The van der Waals surface area contributed by atoms with E-state index in [1.807, 2.05) is 13.8 Å². The van der Waals surface area contributed by atoms with Gasteiger partial charge in [0, 0.05) is 6.42 Å². The van der Waals surface area contributed by atoms with E-state index in [2.05, 4.69) is 6.92 Å². The molecule has 1 fully saturated rings. The Labute approximate surface area is 80.3 Å². The van der Waals surface area contributed by atoms with E-state index >= 15 is 0 Å². The highest BCUT2D eigenvalue weighted by molar-refractivity contribution is 5.86. The van der Waals surface area contributed by atoms with E-state index in [-0.39, 0.29) is 18.3 Å². The van der Waals surface area contributed by atoms with Crippen LogP contribution in [0.25, 0.3) is 0 Å². The van der Waals surface area contributed by atoms with Gasteiger partial charge in [-0.15, -0.1) is 0 Å². The molecule has 0 aliphatic heterocycles. The minimum atomic E-state index is -0.424. The molecule has 0 unspecified atom stereocenters. The molecule has 1 aliphatic carbocycles. The second-order valence-electron chi connectivity index (χ2n) is 4.74. The van der Waals surface area contributed by atoms with Gasteiger partial charge in [-0.25, -0.2) is 0 Å². The maximum atomic E-state index is 11.8. The first-order chi connectivity index (χ1) is 6.03. The molecule has 0 amide bonds. The summed E-state index contributed by atoms with van der Waals surface area (Å²) in [4.78, 5) is 11.8. The standard InChI is InChI=1S/C11H20O2/c1-8(2)11(7-12)5-4-9(3)6-10(11)13/h8-9,12H,4-7H2,1-3H3/t9-,11-/m1/s1. The Morgan fingerprint density at radius 2 is 2.23 bits per heavy atom. The zero-order chi connectivity index (χ0) is 10.1. The number of hydrogen-bond donors (Lipinski definition) is 1. The van der Waals surface area contributed by atoms with Gasteiger partial charge in [-0.2, -0.15) is 0 Å². The fraction of sp³-hybridized carbons (Fsp3) is 0.909. The van der Waals surface area contributed by atoms with Crippen molar-refractivity contribution in [1.82, 2.24) is 0 Å². The fourth-order valence-electron chi connectivity index (χ4n) is 2.23. The van der Waals surface area contributed by atoms with Gasteiger partial charge in [0.1, 0.15) is 5.78 Å². The maximum absolute atomic E-state index is 11.8. The first kappa shape index (κ1) is 10.7. The van der Waals surface area contributed by atoms with Crippen molar-refractivity contribution in [2.75, 3.05) is 6.61 Å². The Bertz CT molecular complexity index is 198. The van der Waals surface area contributed by atoms with E-state index in [9.17, 15) is 9.90 Å². The summed E-state index contributed by atoms with van der Waals surface area (Å²) in [5.41, 5.74) is -0.424. The highest BCUT2D eigenvalue weighted by Crippen LogP contribution is 2.41. The van der Waals surface area contributed by atoms with Crippen molar-refractivity contribution >= 4 is 5.78 Å². The molecule has 0 heterocycles. The number of ketones is 1. The Morgan fingerprint density at radius 3 is 2.62 bits per heavy atom. The molecule has 13 heavy (non-hydrogen) atoms. The number of Topliss-reactive ketones (excluding diaryl/α,β-unsaturated/α-hetero) is 1. The predicted molar refractivity (Wildman–Crippen MR) is 52.4 cm³/mol. The van der Waals surface area contributed by atoms with Crippen molar-refractivity contribution in [2.24, 2.45) is 17.3 Å². The largest absolute Gasteiger partial charge is 0.395 e. The molecule has 0 aromatic carbocycles. The summed E-state index contributed by atoms with van der Waals surface area (Å²) in [7, 11) is 0. The zero-order valence-electron chi connectivity index (χ0n) is 8.84. The molecule has 1 N–H and O–H groups in total. The molecule has 2 nitrogen and oxygen atoms in total. The zero-order valence-corrected chi connectivity index (χ0v) is 8.84. The Balaban J connectivity index is 2.81. The number of carbonyl (C=O) groups is 1. The summed E-state index contributed by atoms with van der Waals surface area (Å²) < 4.78 is 0. The lowest BCUT2D eigenvalue weighted by Crippen LogP contribution is -2.43. The lowest BCUT2D eigenvalue weighted by molar-refractivity contribution is -0.139. The lowest BCUT2D eigenvalue weighted by atomic mass is 9.64. The summed E-state index contributed by atoms with van der Waals surface area (Å²) in [6.45, 7) is 6.20. The quantitative estimate of drug-likeness (QED) is 0.712. The Kier molecular flexibility index (Phi) is 3.12. The van der Waals surface area contributed by atoms with Gasteiger partial charge < -0.3 is 5.11 Å². The van der Waals surface area contributed by atoms with Gasteiger partial charge in [0.25, 0.3) is 0 Å². The van der Waals surface area contributed by atoms with E-state index < -0.39 is 5.41 Å². The van der Waals surface area contributed by atoms with E-state index in [4.69, 9.17) is 0 Å². The molecule has 1 rings (SSSR count). The van der Waals surface area contributed by atoms with Crippen LogP contribution in [-0.4, -0.2) is 17.5 Å². The second-order valence-corrected chi connectivity index (χ2v) is 4.74. The van der Waals surface area contributed by atoms with Crippen molar-refractivity contribution < 1.29 is 9.90 Å². The molecule has 76 valence electrons. The first-order valence-electron chi connectivity index (χ1n) is 5.17. The summed E-state index contributed by atoms with van der Waals surface area (Å²) >= 11 is 0. The number of carbonyl (C=O) groups excluding carboxylic acids is 1. The van der Waals surface area contributed by atoms with Gasteiger partial charge >= 0.3 is 0 Å². The van der Waals surface area contributed by atoms with Crippen molar-refractivity contribution in [3.05, 3.63) is 0 Å². The van der Waals surface area contributed by atoms with Crippen LogP contribution in [0.3, 0.4) is 0 Å². The molecule has 0 spiro atoms. The van der Waals surface area contributed by atoms with E-state index in [0.717, 1.165) is 12.8 Å². The van der Waals surface area contributed by atoms with Crippen molar-refractivity contribution in [1.29, 1.82) is 0 Å². The molecule has 2 heteroatoms. The maximum Gasteiger partial charge on any atom is 0.141 e. The van der Waals surface area contributed by atoms with Gasteiger partial charge in [0.05, 0.1) is 12.0 Å². The van der Waals surface area contributed by atoms with E-state index in [1.165, 1.54) is 0 Å². The monoisotopic (exact) mass is 184 g/mol. The predicted octanol–water partition coefficient (Wildman–Crippen LogP) is 2.01. The molecule has 1 saturated carbocycles. The third-order valence-electron chi connectivity index (χ3n) is 3.56. The van der Waals surface area contributed by atoms with Crippen LogP contribution in [0.2, 0.25) is 0 Å². The van der Waals surface area contributed by atoms with Gasteiger partial charge in [0.2, 0.25) is 0 Å². The highest BCUT2D eigenvalue weighted by Gasteiger charge is 2.43. The first-order valence-corrected chi connectivity index (χ1v) is 5.17. The average Bonchev–Trinajstić information content (AvgIpc) is 2.04. The fourth-order valence-corrected chi connectivity index (χ4v) is 2.23. The smallest absolute Gasteiger partial charge is 0.141 e. The van der Waals surface area contributed by atoms with Crippen LogP contribution in [0.15, 0.2) is 0 Å². The molecule has 0 bridgehead atoms. The van der Waals surface area contributed by atoms with Gasteiger partial charge in [-0.1, -0.05) is 20.8 Å². The van der Waals surface area contributed by atoms with Crippen molar-refractivity contribution in [2.45, 2.75) is 40.0 Å². The molecular formula is C11H20O2. The van der Waals surface area contributed by atoms with Gasteiger partial charge in [0.15, 0.2) is 0 Å². The van der Waals surface area contributed by atoms with Crippen LogP contribution >= 0.6 is 0 Å². The van der Waals surface area contributed by atoms with E-state index in [1.54, 1.807) is 0 Å². The highest BCUT2D eigenvalue weighted by atomic mass is 16.3. The molecular weight excluding hydrogens is 164 g/mol. The molecule has 0 radical (unpaired) electrons. The number of rotatable bonds is 2. The Morgan fingerprint density at radius 1 is 1.62 bits per heavy atom. The normalized spacial score (nSPS) is 35.5. The molecule has 0 saturated heterocycles. The SMILES string of the molecule is CC(C)[C@]1(CO)CC[C@@H](C)CC1=O. The molecule has 2 atom stereocenters. The number of aliphatic hydroxyl groups is 1. The van der Waals surface area contributed by atoms with Crippen molar-refractivity contribution in [3.8, 4) is 0 Å². The van der Waals surface area contributed by atoms with Gasteiger partial charge in [-0.3, -0.25) is 4.79 Å². The molecule has 0 aromatic rings. The van der Waals surface area contributed by atoms with Crippen LogP contribution in [0.5, 0.6) is 0 Å². The number of aliphatic hydroxyl groups excluding tert-OH is 1. The van der Waals surface area contributed by atoms with Crippen LogP contribution in [-0.2, 0) is 4.79 Å². The summed E-state index contributed by atoms with van der Waals surface area (Å²) in [5.74, 6) is 1.03. The minimum Gasteiger partial charge on any atom is -0.395 e. The average molecular weight is 184 g/mol. The number of hydrogen-bond acceptors (Lipinski definition) is 2. The minimum absolute atomic E-state index is 0.0240. The van der Waals surface area contributed by atoms with Crippen LogP contribution in [0.1, 0.15) is 40.0 Å². The summed E-state index contributed by atoms with van der Waals surface area (Å²) in [6.07, 6.45) is 2.59.